The van der Waals surface area contributed by atoms with Crippen LogP contribution in [0.5, 0.6) is 0 Å². The summed E-state index contributed by atoms with van der Waals surface area (Å²) in [5.41, 5.74) is -2.10. The number of carbonyl (C=O) groups excluding carboxylic acids is 2. The van der Waals surface area contributed by atoms with Gasteiger partial charge in [0.1, 0.15) is 11.1 Å². The molecule has 52 heavy (non-hydrogen) atoms. The molecule has 0 unspecified atom stereocenters. The zero-order valence-electron chi connectivity index (χ0n) is 27.0. The summed E-state index contributed by atoms with van der Waals surface area (Å²) in [6.45, 7) is 0. The number of esters is 2. The predicted molar refractivity (Wildman–Crippen MR) is 182 cm³/mol. The molecule has 0 aliphatic carbocycles. The summed E-state index contributed by atoms with van der Waals surface area (Å²) < 4.78 is 98.9. The van der Waals surface area contributed by atoms with Gasteiger partial charge in [0, 0.05) is 22.2 Å². The fraction of sp³-hybridized carbons (Fsp3) is 0.105. The summed E-state index contributed by atoms with van der Waals surface area (Å²) in [4.78, 5) is 38.5. The standard InChI is InChI=1S/C38H24F6N4O4/c1-51-35(49)21-7-3-19(4-8-21)31-23-11-15-27(45-23)33(37(39,40)41)29-17-13-25(47-29)32(20-5-9-22(10-6-20)36(50)52-2)26-14-18-30(48-26)34(38(42,43)44)28-16-12-24(31)46-28/h3-18,45-46H,1-2H3. The van der Waals surface area contributed by atoms with Gasteiger partial charge in [-0.1, -0.05) is 24.3 Å². The van der Waals surface area contributed by atoms with Crippen LogP contribution in [-0.4, -0.2) is 46.1 Å². The maximum atomic E-state index is 14.9. The Morgan fingerprint density at radius 2 is 0.846 bits per heavy atom. The highest BCUT2D eigenvalue weighted by atomic mass is 19.4. The van der Waals surface area contributed by atoms with E-state index in [2.05, 4.69) is 19.9 Å². The smallest absolute Gasteiger partial charge is 0.420 e. The Kier molecular flexibility index (Phi) is 8.32. The summed E-state index contributed by atoms with van der Waals surface area (Å²) in [7, 11) is 2.40. The van der Waals surface area contributed by atoms with E-state index < -0.39 is 46.8 Å². The van der Waals surface area contributed by atoms with Gasteiger partial charge in [0.05, 0.1) is 59.2 Å². The van der Waals surface area contributed by atoms with E-state index in [-0.39, 0.29) is 55.7 Å². The van der Waals surface area contributed by atoms with Crippen molar-refractivity contribution in [2.75, 3.05) is 14.2 Å². The molecule has 0 saturated heterocycles. The fourth-order valence-electron chi connectivity index (χ4n) is 6.19. The van der Waals surface area contributed by atoms with Crippen molar-refractivity contribution in [3.63, 3.8) is 0 Å². The molecule has 262 valence electrons. The maximum absolute atomic E-state index is 14.9. The van der Waals surface area contributed by atoms with Crippen molar-refractivity contribution in [1.82, 2.24) is 19.9 Å². The van der Waals surface area contributed by atoms with Crippen molar-refractivity contribution in [3.8, 4) is 22.3 Å². The van der Waals surface area contributed by atoms with Crippen LogP contribution in [0.3, 0.4) is 0 Å². The van der Waals surface area contributed by atoms with Crippen LogP contribution in [0.1, 0.15) is 54.6 Å². The Labute approximate surface area is 290 Å². The third-order valence-electron chi connectivity index (χ3n) is 8.51. The second kappa shape index (κ2) is 12.7. The lowest BCUT2D eigenvalue weighted by Gasteiger charge is -2.09. The molecule has 5 aromatic rings. The first kappa shape index (κ1) is 34.0. The molecule has 5 heterocycles. The number of carbonyl (C=O) groups is 2. The van der Waals surface area contributed by atoms with Crippen LogP contribution in [-0.2, 0) is 21.8 Å². The minimum atomic E-state index is -4.90. The molecule has 2 aromatic carbocycles. The van der Waals surface area contributed by atoms with E-state index in [0.29, 0.717) is 11.1 Å². The lowest BCUT2D eigenvalue weighted by atomic mass is 10.0. The summed E-state index contributed by atoms with van der Waals surface area (Å²) in [6, 6.07) is 16.9. The summed E-state index contributed by atoms with van der Waals surface area (Å²) in [6.07, 6.45) is -4.82. The number of aromatic amines is 2. The van der Waals surface area contributed by atoms with E-state index in [1.54, 1.807) is 0 Å². The molecule has 0 radical (unpaired) electrons. The Bertz CT molecular complexity index is 2380. The minimum absolute atomic E-state index is 0.000224. The molecule has 14 heteroatoms. The van der Waals surface area contributed by atoms with Crippen molar-refractivity contribution in [2.45, 2.75) is 12.4 Å². The number of fused-ring (bicyclic) bond motifs is 8. The number of rotatable bonds is 4. The lowest BCUT2D eigenvalue weighted by Crippen LogP contribution is -2.08. The highest BCUT2D eigenvalue weighted by molar-refractivity contribution is 5.97. The largest absolute Gasteiger partial charge is 0.465 e. The Morgan fingerprint density at radius 1 is 0.500 bits per heavy atom. The highest BCUT2D eigenvalue weighted by Crippen LogP contribution is 2.41. The van der Waals surface area contributed by atoms with Gasteiger partial charge in [0.2, 0.25) is 0 Å². The van der Waals surface area contributed by atoms with Gasteiger partial charge in [-0.25, -0.2) is 19.6 Å². The number of hydrogen-bond acceptors (Lipinski definition) is 6. The minimum Gasteiger partial charge on any atom is -0.465 e. The highest BCUT2D eigenvalue weighted by Gasteiger charge is 2.38. The Morgan fingerprint density at radius 3 is 1.21 bits per heavy atom. The van der Waals surface area contributed by atoms with E-state index in [4.69, 9.17) is 9.47 Å². The van der Waals surface area contributed by atoms with Crippen LogP contribution in [0.15, 0.2) is 72.8 Å². The molecule has 2 aliphatic heterocycles. The molecule has 0 saturated carbocycles. The third-order valence-corrected chi connectivity index (χ3v) is 8.51. The SMILES string of the molecule is COC(=O)c1ccc(-c2c3nc(c(C(F)(F)F)c4ccc([nH]4)c(-c4ccc(C(=O)OC)cc4)c4ccc([nH]4)c(C(F)(F)F)c4nc2C=C4)C=C3)cc1. The van der Waals surface area contributed by atoms with E-state index >= 15 is 0 Å². The summed E-state index contributed by atoms with van der Waals surface area (Å²) in [5.74, 6) is -1.27. The molecular formula is C38H24F6N4O4. The number of H-pyrrole nitrogens is 2. The van der Waals surface area contributed by atoms with Crippen LogP contribution in [0.2, 0.25) is 0 Å². The fourth-order valence-corrected chi connectivity index (χ4v) is 6.19. The van der Waals surface area contributed by atoms with Crippen molar-refractivity contribution < 1.29 is 45.4 Å². The maximum Gasteiger partial charge on any atom is 0.420 e. The van der Waals surface area contributed by atoms with Crippen molar-refractivity contribution in [2.24, 2.45) is 0 Å². The molecule has 0 fully saturated rings. The van der Waals surface area contributed by atoms with E-state index in [1.165, 1.54) is 111 Å². The normalized spacial score (nSPS) is 12.6. The zero-order chi connectivity index (χ0) is 36.9. The van der Waals surface area contributed by atoms with E-state index in [0.717, 1.165) is 0 Å². The summed E-state index contributed by atoms with van der Waals surface area (Å²) >= 11 is 0. The average molecular weight is 715 g/mol. The first-order chi connectivity index (χ1) is 24.8. The number of nitrogens with one attached hydrogen (secondary N) is 2. The molecule has 0 amide bonds. The van der Waals surface area contributed by atoms with E-state index in [1.807, 2.05) is 0 Å². The number of aromatic nitrogens is 4. The molecule has 2 N–H and O–H groups in total. The van der Waals surface area contributed by atoms with Gasteiger partial charge in [-0.3, -0.25) is 0 Å². The molecule has 8 bridgehead atoms. The first-order valence-corrected chi connectivity index (χ1v) is 15.4. The van der Waals surface area contributed by atoms with Crippen molar-refractivity contribution in [1.29, 1.82) is 0 Å². The quantitative estimate of drug-likeness (QED) is 0.139. The third kappa shape index (κ3) is 6.12. The van der Waals surface area contributed by atoms with Crippen LogP contribution in [0.25, 0.3) is 68.6 Å². The molecule has 7 rings (SSSR count). The Balaban J connectivity index is 1.62. The first-order valence-electron chi connectivity index (χ1n) is 15.4. The van der Waals surface area contributed by atoms with Crippen LogP contribution >= 0.6 is 0 Å². The van der Waals surface area contributed by atoms with Crippen LogP contribution in [0.4, 0.5) is 26.3 Å². The van der Waals surface area contributed by atoms with E-state index in [9.17, 15) is 35.9 Å². The molecule has 3 aromatic heterocycles. The van der Waals surface area contributed by atoms with Crippen molar-refractivity contribution in [3.05, 3.63) is 118 Å². The van der Waals surface area contributed by atoms with Gasteiger partial charge in [-0.15, -0.1) is 0 Å². The zero-order valence-corrected chi connectivity index (χ0v) is 27.0. The average Bonchev–Trinajstić information content (AvgIpc) is 3.94. The van der Waals surface area contributed by atoms with Gasteiger partial charge >= 0.3 is 24.3 Å². The van der Waals surface area contributed by atoms with Gasteiger partial charge < -0.3 is 19.4 Å². The monoisotopic (exact) mass is 714 g/mol. The second-order valence-corrected chi connectivity index (χ2v) is 11.6. The summed E-state index contributed by atoms with van der Waals surface area (Å²) in [5, 5.41) is 0. The van der Waals surface area contributed by atoms with Gasteiger partial charge in [0.15, 0.2) is 0 Å². The van der Waals surface area contributed by atoms with Crippen LogP contribution in [0, 0.1) is 0 Å². The molecule has 2 aliphatic rings. The van der Waals surface area contributed by atoms with Gasteiger partial charge in [-0.05, 0) is 84.0 Å². The molecule has 8 nitrogen and oxygen atoms in total. The number of hydrogen-bond donors (Lipinski definition) is 2. The number of halogens is 6. The molecule has 0 atom stereocenters. The number of ether oxygens (including phenoxy) is 2. The number of methoxy groups -OCH3 is 2. The van der Waals surface area contributed by atoms with Gasteiger partial charge in [0.25, 0.3) is 0 Å². The van der Waals surface area contributed by atoms with Crippen LogP contribution < -0.4 is 0 Å². The van der Waals surface area contributed by atoms with Gasteiger partial charge in [-0.2, -0.15) is 26.3 Å². The Hall–Kier alpha value is -6.44. The molecule has 0 spiro atoms. The number of alkyl halides is 6. The number of nitrogens with zero attached hydrogens (tertiary/aromatic N) is 2. The molecular weight excluding hydrogens is 690 g/mol. The lowest BCUT2D eigenvalue weighted by molar-refractivity contribution is -0.137. The number of benzene rings is 2. The second-order valence-electron chi connectivity index (χ2n) is 11.6. The topological polar surface area (TPSA) is 110 Å². The predicted octanol–water partition coefficient (Wildman–Crippen LogP) is 9.60. The van der Waals surface area contributed by atoms with Crippen molar-refractivity contribution >= 4 is 58.3 Å².